The van der Waals surface area contributed by atoms with E-state index < -0.39 is 19.1 Å². The van der Waals surface area contributed by atoms with Crippen molar-refractivity contribution in [3.63, 3.8) is 0 Å². The van der Waals surface area contributed by atoms with E-state index in [2.05, 4.69) is 6.58 Å². The first-order chi connectivity index (χ1) is 6.00. The van der Waals surface area contributed by atoms with Gasteiger partial charge >= 0.3 is 6.98 Å². The smallest absolute Gasteiger partial charge is 0.445 e. The Hall–Kier alpha value is -0.485. The van der Waals surface area contributed by atoms with Crippen molar-refractivity contribution in [3.8, 4) is 0 Å². The Kier molecular flexibility index (Phi) is 3.38. The first kappa shape index (κ1) is 10.6. The molecule has 0 radical (unpaired) electrons. The molecule has 0 bridgehead atoms. The molecule has 0 aromatic rings. The van der Waals surface area contributed by atoms with E-state index in [-0.39, 0.29) is 6.10 Å². The Morgan fingerprint density at radius 1 is 1.54 bits per heavy atom. The molecule has 13 heavy (non-hydrogen) atoms. The number of rotatable bonds is 4. The molecular weight excluding hydrogens is 184 g/mol. The van der Waals surface area contributed by atoms with Gasteiger partial charge in [0.25, 0.3) is 0 Å². The van der Waals surface area contributed by atoms with Crippen LogP contribution in [0.1, 0.15) is 6.42 Å². The maximum atomic E-state index is 12.0. The number of ether oxygens (including phenoxy) is 2. The third-order valence-electron chi connectivity index (χ3n) is 1.86. The molecule has 76 valence electrons. The summed E-state index contributed by atoms with van der Waals surface area (Å²) < 4.78 is 45.8. The van der Waals surface area contributed by atoms with Crippen molar-refractivity contribution in [2.45, 2.75) is 12.5 Å². The maximum absolute atomic E-state index is 12.0. The summed E-state index contributed by atoms with van der Waals surface area (Å²) in [6, 6.07) is 0. The van der Waals surface area contributed by atoms with Crippen molar-refractivity contribution in [1.82, 2.24) is 0 Å². The third-order valence-corrected chi connectivity index (χ3v) is 1.86. The van der Waals surface area contributed by atoms with Gasteiger partial charge in [-0.1, -0.05) is 0 Å². The van der Waals surface area contributed by atoms with Crippen LogP contribution in [0.15, 0.2) is 12.1 Å². The highest BCUT2D eigenvalue weighted by molar-refractivity contribution is 6.66. The number of hydrogen-bond acceptors (Lipinski definition) is 2. The molecule has 1 rings (SSSR count). The van der Waals surface area contributed by atoms with Crippen LogP contribution in [-0.2, 0) is 9.47 Å². The topological polar surface area (TPSA) is 18.5 Å². The summed E-state index contributed by atoms with van der Waals surface area (Å²) in [5.74, 6) is 0. The molecule has 0 spiro atoms. The van der Waals surface area contributed by atoms with Gasteiger partial charge in [-0.3, -0.25) is 0 Å². The third kappa shape index (κ3) is 3.40. The normalized spacial score (nSPS) is 23.5. The molecule has 2 nitrogen and oxygen atoms in total. The van der Waals surface area contributed by atoms with Crippen LogP contribution in [0.25, 0.3) is 0 Å². The van der Waals surface area contributed by atoms with Crippen LogP contribution in [0.5, 0.6) is 0 Å². The van der Waals surface area contributed by atoms with Crippen LogP contribution < -0.4 is 0 Å². The highest BCUT2D eigenvalue weighted by Crippen LogP contribution is 2.19. The lowest BCUT2D eigenvalue weighted by Gasteiger charge is -2.19. The maximum Gasteiger partial charge on any atom is 0.507 e. The van der Waals surface area contributed by atoms with Crippen LogP contribution in [0.3, 0.4) is 0 Å². The lowest BCUT2D eigenvalue weighted by atomic mass is 9.81. The van der Waals surface area contributed by atoms with E-state index in [9.17, 15) is 12.9 Å². The van der Waals surface area contributed by atoms with Crippen molar-refractivity contribution in [2.75, 3.05) is 19.8 Å². The quantitative estimate of drug-likeness (QED) is 0.636. The second-order valence-corrected chi connectivity index (χ2v) is 3.03. The molecule has 6 heteroatoms. The van der Waals surface area contributed by atoms with Crippen LogP contribution in [0.4, 0.5) is 12.9 Å². The summed E-state index contributed by atoms with van der Waals surface area (Å²) in [6.07, 6.45) is 0.466. The molecule has 0 saturated carbocycles. The van der Waals surface area contributed by atoms with Gasteiger partial charge in [0.15, 0.2) is 0 Å². The molecule has 0 aromatic carbocycles. The summed E-state index contributed by atoms with van der Waals surface area (Å²) in [6.45, 7) is -1.51. The van der Waals surface area contributed by atoms with Gasteiger partial charge < -0.3 is 22.4 Å². The zero-order valence-corrected chi connectivity index (χ0v) is 7.14. The van der Waals surface area contributed by atoms with Crippen molar-refractivity contribution >= 4 is 6.98 Å². The van der Waals surface area contributed by atoms with Gasteiger partial charge in [-0.25, -0.2) is 0 Å². The van der Waals surface area contributed by atoms with Crippen molar-refractivity contribution in [2.24, 2.45) is 0 Å². The van der Waals surface area contributed by atoms with Crippen LogP contribution in [0.2, 0.25) is 0 Å². The minimum absolute atomic E-state index is 0.199. The minimum Gasteiger partial charge on any atom is -0.445 e. The monoisotopic (exact) mass is 195 g/mol. The molecular formula is C7H11BF3O2-. The molecule has 0 amide bonds. The van der Waals surface area contributed by atoms with E-state index in [1.807, 2.05) is 0 Å². The fourth-order valence-electron chi connectivity index (χ4n) is 0.964. The molecule has 1 aliphatic heterocycles. The number of hydrogen-bond donors (Lipinski definition) is 0. The van der Waals surface area contributed by atoms with Gasteiger partial charge in [0.2, 0.25) is 0 Å². The lowest BCUT2D eigenvalue weighted by molar-refractivity contribution is 0.0573. The zero-order chi connectivity index (χ0) is 9.90. The van der Waals surface area contributed by atoms with Crippen LogP contribution >= 0.6 is 0 Å². The Morgan fingerprint density at radius 2 is 2.23 bits per heavy atom. The largest absolute Gasteiger partial charge is 0.507 e. The zero-order valence-electron chi connectivity index (χ0n) is 7.14. The van der Waals surface area contributed by atoms with Gasteiger partial charge in [0.1, 0.15) is 0 Å². The van der Waals surface area contributed by atoms with Crippen molar-refractivity contribution in [3.05, 3.63) is 12.1 Å². The Balaban J connectivity index is 2.22. The molecule has 0 N–H and O–H groups in total. The average molecular weight is 195 g/mol. The summed E-state index contributed by atoms with van der Waals surface area (Å²) >= 11 is 0. The minimum atomic E-state index is -4.95. The summed E-state index contributed by atoms with van der Waals surface area (Å²) in [4.78, 5) is 0. The van der Waals surface area contributed by atoms with Gasteiger partial charge in [-0.2, -0.15) is 0 Å². The standard InChI is InChI=1S/C7H11BF3O2/c1-6(8(9,10)11)4-13-7-2-3-12-5-7/h7H,1-5H2/q-1. The van der Waals surface area contributed by atoms with Gasteiger partial charge in [0.05, 0.1) is 12.7 Å². The molecule has 1 unspecified atom stereocenters. The van der Waals surface area contributed by atoms with Crippen molar-refractivity contribution in [1.29, 1.82) is 0 Å². The Labute approximate surface area is 74.8 Å². The molecule has 1 atom stereocenters. The first-order valence-corrected chi connectivity index (χ1v) is 4.07. The second kappa shape index (κ2) is 4.15. The Bertz CT molecular complexity index is 187. The molecule has 0 aromatic heterocycles. The molecule has 1 saturated heterocycles. The van der Waals surface area contributed by atoms with E-state index in [1.165, 1.54) is 0 Å². The van der Waals surface area contributed by atoms with Crippen LogP contribution in [-0.4, -0.2) is 32.9 Å². The van der Waals surface area contributed by atoms with E-state index in [0.29, 0.717) is 19.6 Å². The van der Waals surface area contributed by atoms with E-state index >= 15 is 0 Å². The fourth-order valence-corrected chi connectivity index (χ4v) is 0.964. The van der Waals surface area contributed by atoms with Crippen molar-refractivity contribution < 1.29 is 22.4 Å². The summed E-state index contributed by atoms with van der Waals surface area (Å²) in [5.41, 5.74) is -0.785. The average Bonchev–Trinajstić information content (AvgIpc) is 2.50. The predicted molar refractivity (Wildman–Crippen MR) is 43.4 cm³/mol. The highest BCUT2D eigenvalue weighted by atomic mass is 19.4. The van der Waals surface area contributed by atoms with Gasteiger partial charge in [-0.15, -0.1) is 12.1 Å². The molecule has 1 heterocycles. The fraction of sp³-hybridized carbons (Fsp3) is 0.714. The number of halogens is 3. The molecule has 1 aliphatic rings. The van der Waals surface area contributed by atoms with Gasteiger partial charge in [-0.05, 0) is 6.42 Å². The highest BCUT2D eigenvalue weighted by Gasteiger charge is 2.27. The van der Waals surface area contributed by atoms with E-state index in [4.69, 9.17) is 9.47 Å². The second-order valence-electron chi connectivity index (χ2n) is 3.03. The Morgan fingerprint density at radius 3 is 2.69 bits per heavy atom. The van der Waals surface area contributed by atoms with Gasteiger partial charge in [0, 0.05) is 13.2 Å². The summed E-state index contributed by atoms with van der Waals surface area (Å²) in [7, 11) is 0. The van der Waals surface area contributed by atoms with E-state index in [0.717, 1.165) is 0 Å². The molecule has 1 fully saturated rings. The van der Waals surface area contributed by atoms with Crippen LogP contribution in [0, 0.1) is 0 Å². The summed E-state index contributed by atoms with van der Waals surface area (Å²) in [5, 5.41) is 0. The molecule has 0 aliphatic carbocycles. The van der Waals surface area contributed by atoms with E-state index in [1.54, 1.807) is 0 Å². The lowest BCUT2D eigenvalue weighted by Crippen LogP contribution is -2.25. The SMILES string of the molecule is C=C(COC1CCOC1)[B-](F)(F)F. The predicted octanol–water partition coefficient (Wildman–Crippen LogP) is 1.73. The first-order valence-electron chi connectivity index (χ1n) is 4.07.